The minimum atomic E-state index is -0.501. The summed E-state index contributed by atoms with van der Waals surface area (Å²) in [6.07, 6.45) is -0.316. The summed E-state index contributed by atoms with van der Waals surface area (Å²) in [5.74, 6) is 3.22. The Morgan fingerprint density at radius 3 is 2.61 bits per heavy atom. The van der Waals surface area contributed by atoms with Crippen LogP contribution in [0.1, 0.15) is 38.1 Å². The Kier molecular flexibility index (Phi) is 3.66. The van der Waals surface area contributed by atoms with E-state index in [1.807, 2.05) is 45.3 Å². The Hall–Kier alpha value is -2.31. The second-order valence-electron chi connectivity index (χ2n) is 6.82. The molecule has 0 spiro atoms. The van der Waals surface area contributed by atoms with Crippen LogP contribution < -0.4 is 0 Å². The number of nitrogens with zero attached hydrogens (tertiary/aromatic N) is 4. The van der Waals surface area contributed by atoms with Crippen molar-refractivity contribution in [2.24, 2.45) is 0 Å². The molecular weight excluding hydrogens is 296 g/mol. The van der Waals surface area contributed by atoms with Gasteiger partial charge in [-0.3, -0.25) is 4.90 Å². The van der Waals surface area contributed by atoms with E-state index in [0.29, 0.717) is 19.6 Å². The van der Waals surface area contributed by atoms with E-state index in [2.05, 4.69) is 10.2 Å². The standard InChI is InChI=1S/C16H22N4O3/c1-10-8-12(11(2)22-10)14-18-17-13-9-19(6-7-20(13)14)15(21)23-16(3,4)5/h8H,6-7,9H2,1-5H3. The van der Waals surface area contributed by atoms with Gasteiger partial charge in [-0.05, 0) is 40.7 Å². The summed E-state index contributed by atoms with van der Waals surface area (Å²) in [5.41, 5.74) is 0.450. The van der Waals surface area contributed by atoms with Gasteiger partial charge in [0.05, 0.1) is 12.1 Å². The maximum Gasteiger partial charge on any atom is 0.410 e. The summed E-state index contributed by atoms with van der Waals surface area (Å²) in [6, 6.07) is 1.97. The molecular formula is C16H22N4O3. The third-order valence-corrected chi connectivity index (χ3v) is 3.69. The number of aromatic nitrogens is 3. The Balaban J connectivity index is 1.82. The minimum absolute atomic E-state index is 0.316. The fraction of sp³-hybridized carbons (Fsp3) is 0.562. The first-order valence-corrected chi connectivity index (χ1v) is 7.72. The normalized spacial score (nSPS) is 14.7. The number of ether oxygens (including phenoxy) is 1. The Morgan fingerprint density at radius 2 is 2.00 bits per heavy atom. The van der Waals surface area contributed by atoms with Crippen LogP contribution in [-0.4, -0.2) is 37.9 Å². The number of carbonyl (C=O) groups excluding carboxylic acids is 1. The molecule has 0 saturated heterocycles. The van der Waals surface area contributed by atoms with Gasteiger partial charge in [-0.1, -0.05) is 0 Å². The first-order chi connectivity index (χ1) is 10.7. The zero-order valence-electron chi connectivity index (χ0n) is 14.2. The summed E-state index contributed by atoms with van der Waals surface area (Å²) in [4.78, 5) is 13.8. The van der Waals surface area contributed by atoms with E-state index < -0.39 is 5.60 Å². The van der Waals surface area contributed by atoms with Gasteiger partial charge in [-0.15, -0.1) is 10.2 Å². The van der Waals surface area contributed by atoms with Crippen molar-refractivity contribution < 1.29 is 13.9 Å². The second kappa shape index (κ2) is 5.40. The van der Waals surface area contributed by atoms with Crippen LogP contribution in [-0.2, 0) is 17.8 Å². The molecule has 0 aliphatic carbocycles. The molecule has 3 heterocycles. The molecule has 0 N–H and O–H groups in total. The van der Waals surface area contributed by atoms with Crippen LogP contribution in [0, 0.1) is 13.8 Å². The molecule has 1 amide bonds. The minimum Gasteiger partial charge on any atom is -0.466 e. The maximum atomic E-state index is 12.2. The van der Waals surface area contributed by atoms with E-state index in [1.165, 1.54) is 0 Å². The number of aryl methyl sites for hydroxylation is 2. The lowest BCUT2D eigenvalue weighted by Gasteiger charge is -2.30. The lowest BCUT2D eigenvalue weighted by molar-refractivity contribution is 0.0196. The highest BCUT2D eigenvalue weighted by Gasteiger charge is 2.29. The second-order valence-corrected chi connectivity index (χ2v) is 6.82. The highest BCUT2D eigenvalue weighted by molar-refractivity contribution is 5.68. The molecule has 0 aromatic carbocycles. The topological polar surface area (TPSA) is 73.4 Å². The SMILES string of the molecule is Cc1cc(-c2nnc3n2CCN(C(=O)OC(C)(C)C)C3)c(C)o1. The van der Waals surface area contributed by atoms with E-state index in [9.17, 15) is 4.79 Å². The van der Waals surface area contributed by atoms with Crippen molar-refractivity contribution in [2.75, 3.05) is 6.54 Å². The summed E-state index contributed by atoms with van der Waals surface area (Å²) in [6.45, 7) is 11.0. The van der Waals surface area contributed by atoms with Gasteiger partial charge in [0.25, 0.3) is 0 Å². The van der Waals surface area contributed by atoms with Crippen LogP contribution in [0.3, 0.4) is 0 Å². The van der Waals surface area contributed by atoms with E-state index in [4.69, 9.17) is 9.15 Å². The van der Waals surface area contributed by atoms with Gasteiger partial charge in [-0.2, -0.15) is 0 Å². The van der Waals surface area contributed by atoms with Crippen LogP contribution in [0.5, 0.6) is 0 Å². The molecule has 7 nitrogen and oxygen atoms in total. The first kappa shape index (κ1) is 15.6. The molecule has 1 aliphatic rings. The predicted octanol–water partition coefficient (Wildman–Crippen LogP) is 2.91. The Labute approximate surface area is 135 Å². The number of fused-ring (bicyclic) bond motifs is 1. The third-order valence-electron chi connectivity index (χ3n) is 3.69. The van der Waals surface area contributed by atoms with E-state index in [1.54, 1.807) is 4.90 Å². The first-order valence-electron chi connectivity index (χ1n) is 7.72. The van der Waals surface area contributed by atoms with Crippen molar-refractivity contribution in [1.82, 2.24) is 19.7 Å². The largest absolute Gasteiger partial charge is 0.466 e. The molecule has 7 heteroatoms. The highest BCUT2D eigenvalue weighted by Crippen LogP contribution is 2.27. The average Bonchev–Trinajstić information content (AvgIpc) is 2.98. The van der Waals surface area contributed by atoms with Crippen LogP contribution in [0.15, 0.2) is 10.5 Å². The van der Waals surface area contributed by atoms with Crippen molar-refractivity contribution in [3.05, 3.63) is 23.4 Å². The molecule has 0 fully saturated rings. The Bertz CT molecular complexity index is 739. The smallest absolute Gasteiger partial charge is 0.410 e. The van der Waals surface area contributed by atoms with Crippen molar-refractivity contribution in [2.45, 2.75) is 53.3 Å². The summed E-state index contributed by atoms with van der Waals surface area (Å²) >= 11 is 0. The van der Waals surface area contributed by atoms with Gasteiger partial charge in [0.15, 0.2) is 11.6 Å². The zero-order chi connectivity index (χ0) is 16.8. The molecule has 0 unspecified atom stereocenters. The summed E-state index contributed by atoms with van der Waals surface area (Å²) < 4.78 is 13.0. The summed E-state index contributed by atoms with van der Waals surface area (Å²) in [5, 5.41) is 8.52. The molecule has 2 aromatic rings. The molecule has 0 atom stereocenters. The molecule has 23 heavy (non-hydrogen) atoms. The van der Waals surface area contributed by atoms with Crippen LogP contribution >= 0.6 is 0 Å². The lowest BCUT2D eigenvalue weighted by atomic mass is 10.2. The fourth-order valence-corrected chi connectivity index (χ4v) is 2.69. The predicted molar refractivity (Wildman–Crippen MR) is 83.8 cm³/mol. The van der Waals surface area contributed by atoms with Crippen LogP contribution in [0.25, 0.3) is 11.4 Å². The highest BCUT2D eigenvalue weighted by atomic mass is 16.6. The molecule has 124 valence electrons. The number of hydrogen-bond acceptors (Lipinski definition) is 5. The fourth-order valence-electron chi connectivity index (χ4n) is 2.69. The molecule has 0 radical (unpaired) electrons. The monoisotopic (exact) mass is 318 g/mol. The lowest BCUT2D eigenvalue weighted by Crippen LogP contribution is -2.41. The van der Waals surface area contributed by atoms with Crippen molar-refractivity contribution in [3.63, 3.8) is 0 Å². The number of furan rings is 1. The van der Waals surface area contributed by atoms with Crippen LogP contribution in [0.4, 0.5) is 4.79 Å². The number of amides is 1. The maximum absolute atomic E-state index is 12.2. The zero-order valence-corrected chi connectivity index (χ0v) is 14.2. The van der Waals surface area contributed by atoms with Gasteiger partial charge in [-0.25, -0.2) is 4.79 Å². The van der Waals surface area contributed by atoms with E-state index in [0.717, 1.165) is 28.7 Å². The average molecular weight is 318 g/mol. The van der Waals surface area contributed by atoms with E-state index in [-0.39, 0.29) is 6.09 Å². The molecule has 0 saturated carbocycles. The van der Waals surface area contributed by atoms with Gasteiger partial charge in [0, 0.05) is 13.1 Å². The summed E-state index contributed by atoms with van der Waals surface area (Å²) in [7, 11) is 0. The van der Waals surface area contributed by atoms with Crippen molar-refractivity contribution in [1.29, 1.82) is 0 Å². The number of rotatable bonds is 1. The van der Waals surface area contributed by atoms with Gasteiger partial charge in [0.1, 0.15) is 17.1 Å². The van der Waals surface area contributed by atoms with Crippen molar-refractivity contribution in [3.8, 4) is 11.4 Å². The van der Waals surface area contributed by atoms with Gasteiger partial charge >= 0.3 is 6.09 Å². The quantitative estimate of drug-likeness (QED) is 0.808. The Morgan fingerprint density at radius 1 is 1.26 bits per heavy atom. The molecule has 3 rings (SSSR count). The number of carbonyl (C=O) groups is 1. The molecule has 2 aromatic heterocycles. The van der Waals surface area contributed by atoms with E-state index >= 15 is 0 Å². The van der Waals surface area contributed by atoms with Crippen LogP contribution in [0.2, 0.25) is 0 Å². The van der Waals surface area contributed by atoms with Crippen molar-refractivity contribution >= 4 is 6.09 Å². The number of hydrogen-bond donors (Lipinski definition) is 0. The van der Waals surface area contributed by atoms with Gasteiger partial charge in [0.2, 0.25) is 0 Å². The van der Waals surface area contributed by atoms with Gasteiger partial charge < -0.3 is 13.7 Å². The third kappa shape index (κ3) is 3.09. The molecule has 1 aliphatic heterocycles. The molecule has 0 bridgehead atoms.